The van der Waals surface area contributed by atoms with Crippen molar-refractivity contribution in [3.63, 3.8) is 0 Å². The SMILES string of the molecule is Cc1ccc([C@H]2c3[nH]c4ccccc4c3C[C@H]3C(=O)N(C)CC(=O)N23)o1. The number of fused-ring (bicyclic) bond motifs is 4. The zero-order chi connectivity index (χ0) is 18.0. The number of nitrogens with one attached hydrogen (secondary N) is 1. The average molecular weight is 349 g/mol. The number of carbonyl (C=O) groups is 2. The van der Waals surface area contributed by atoms with E-state index in [1.165, 1.54) is 4.90 Å². The van der Waals surface area contributed by atoms with E-state index in [0.29, 0.717) is 12.2 Å². The number of hydrogen-bond acceptors (Lipinski definition) is 3. The van der Waals surface area contributed by atoms with E-state index in [2.05, 4.69) is 11.1 Å². The molecule has 0 aliphatic carbocycles. The third-order valence-electron chi connectivity index (χ3n) is 5.48. The van der Waals surface area contributed by atoms with Crippen molar-refractivity contribution in [2.24, 2.45) is 0 Å². The van der Waals surface area contributed by atoms with Gasteiger partial charge < -0.3 is 19.2 Å². The number of hydrogen-bond donors (Lipinski definition) is 1. The van der Waals surface area contributed by atoms with Crippen molar-refractivity contribution >= 4 is 22.7 Å². The van der Waals surface area contributed by atoms with E-state index in [4.69, 9.17) is 4.42 Å². The summed E-state index contributed by atoms with van der Waals surface area (Å²) < 4.78 is 5.90. The summed E-state index contributed by atoms with van der Waals surface area (Å²) in [5.74, 6) is 1.40. The molecule has 2 amide bonds. The molecule has 2 aliphatic heterocycles. The van der Waals surface area contributed by atoms with Crippen LogP contribution in [0.1, 0.15) is 28.8 Å². The number of benzene rings is 1. The van der Waals surface area contributed by atoms with Crippen LogP contribution in [0.2, 0.25) is 0 Å². The maximum Gasteiger partial charge on any atom is 0.245 e. The molecule has 0 bridgehead atoms. The molecule has 0 spiro atoms. The molecule has 6 nitrogen and oxygen atoms in total. The summed E-state index contributed by atoms with van der Waals surface area (Å²) in [6.45, 7) is 1.98. The van der Waals surface area contributed by atoms with Gasteiger partial charge in [0.15, 0.2) is 0 Å². The van der Waals surface area contributed by atoms with Crippen LogP contribution in [-0.4, -0.2) is 46.2 Å². The van der Waals surface area contributed by atoms with Gasteiger partial charge in [0.1, 0.15) is 23.6 Å². The summed E-state index contributed by atoms with van der Waals surface area (Å²) in [6, 6.07) is 10.9. The number of carbonyl (C=O) groups excluding carboxylic acids is 2. The number of likely N-dealkylation sites (N-methyl/N-ethyl adjacent to an activating group) is 1. The van der Waals surface area contributed by atoms with Crippen LogP contribution in [0, 0.1) is 6.92 Å². The molecular formula is C20H19N3O3. The maximum absolute atomic E-state index is 12.9. The molecule has 4 heterocycles. The highest BCUT2D eigenvalue weighted by Crippen LogP contribution is 2.42. The van der Waals surface area contributed by atoms with Crippen molar-refractivity contribution < 1.29 is 14.0 Å². The topological polar surface area (TPSA) is 69.6 Å². The highest BCUT2D eigenvalue weighted by atomic mass is 16.3. The van der Waals surface area contributed by atoms with Crippen LogP contribution < -0.4 is 0 Å². The van der Waals surface area contributed by atoms with E-state index in [0.717, 1.165) is 27.9 Å². The highest BCUT2D eigenvalue weighted by molar-refractivity contribution is 5.97. The number of aromatic nitrogens is 1. The molecule has 1 aromatic carbocycles. The number of amides is 2. The zero-order valence-corrected chi connectivity index (χ0v) is 14.7. The number of aryl methyl sites for hydroxylation is 1. The maximum atomic E-state index is 12.9. The van der Waals surface area contributed by atoms with Gasteiger partial charge in [-0.1, -0.05) is 18.2 Å². The quantitative estimate of drug-likeness (QED) is 0.733. The number of H-pyrrole nitrogens is 1. The van der Waals surface area contributed by atoms with E-state index >= 15 is 0 Å². The predicted octanol–water partition coefficient (Wildman–Crippen LogP) is 2.38. The third-order valence-corrected chi connectivity index (χ3v) is 5.48. The first-order chi connectivity index (χ1) is 12.5. The Morgan fingerprint density at radius 1 is 1.15 bits per heavy atom. The molecule has 6 heteroatoms. The lowest BCUT2D eigenvalue weighted by atomic mass is 9.88. The molecule has 2 aromatic heterocycles. The molecule has 26 heavy (non-hydrogen) atoms. The number of piperazine rings is 1. The number of furan rings is 1. The molecule has 0 radical (unpaired) electrons. The smallest absolute Gasteiger partial charge is 0.245 e. The highest BCUT2D eigenvalue weighted by Gasteiger charge is 2.48. The average Bonchev–Trinajstić information content (AvgIpc) is 3.21. The fraction of sp³-hybridized carbons (Fsp3) is 0.300. The number of para-hydroxylation sites is 1. The van der Waals surface area contributed by atoms with Crippen molar-refractivity contribution in [2.45, 2.75) is 25.4 Å². The normalized spacial score (nSPS) is 22.7. The van der Waals surface area contributed by atoms with Crippen molar-refractivity contribution in [1.29, 1.82) is 0 Å². The molecule has 0 unspecified atom stereocenters. The molecular weight excluding hydrogens is 330 g/mol. The van der Waals surface area contributed by atoms with Gasteiger partial charge in [-0.2, -0.15) is 0 Å². The zero-order valence-electron chi connectivity index (χ0n) is 14.7. The van der Waals surface area contributed by atoms with Crippen molar-refractivity contribution in [3.05, 3.63) is 59.2 Å². The summed E-state index contributed by atoms with van der Waals surface area (Å²) in [6.07, 6.45) is 0.518. The lowest BCUT2D eigenvalue weighted by Crippen LogP contribution is -2.62. The lowest BCUT2D eigenvalue weighted by Gasteiger charge is -2.45. The van der Waals surface area contributed by atoms with Crippen LogP contribution in [0.25, 0.3) is 10.9 Å². The van der Waals surface area contributed by atoms with Crippen LogP contribution in [0.4, 0.5) is 0 Å². The van der Waals surface area contributed by atoms with Crippen LogP contribution in [0.5, 0.6) is 0 Å². The van der Waals surface area contributed by atoms with Crippen LogP contribution >= 0.6 is 0 Å². The van der Waals surface area contributed by atoms with Gasteiger partial charge in [-0.05, 0) is 30.7 Å². The Labute approximate surface area is 150 Å². The minimum absolute atomic E-state index is 0.0196. The first kappa shape index (κ1) is 15.3. The van der Waals surface area contributed by atoms with Crippen molar-refractivity contribution in [3.8, 4) is 0 Å². The van der Waals surface area contributed by atoms with Gasteiger partial charge >= 0.3 is 0 Å². The molecule has 0 saturated carbocycles. The van der Waals surface area contributed by atoms with Gasteiger partial charge in [-0.3, -0.25) is 9.59 Å². The van der Waals surface area contributed by atoms with E-state index < -0.39 is 12.1 Å². The molecule has 3 aromatic rings. The third kappa shape index (κ3) is 1.98. The predicted molar refractivity (Wildman–Crippen MR) is 95.6 cm³/mol. The summed E-state index contributed by atoms with van der Waals surface area (Å²) in [5.41, 5.74) is 3.05. The second-order valence-electron chi connectivity index (χ2n) is 7.13. The van der Waals surface area contributed by atoms with Gasteiger partial charge in [0, 0.05) is 24.4 Å². The molecule has 1 saturated heterocycles. The van der Waals surface area contributed by atoms with Crippen LogP contribution in [0.3, 0.4) is 0 Å². The Hall–Kier alpha value is -3.02. The van der Waals surface area contributed by atoms with Gasteiger partial charge in [-0.15, -0.1) is 0 Å². The summed E-state index contributed by atoms with van der Waals surface area (Å²) in [7, 11) is 1.69. The minimum atomic E-state index is -0.497. The first-order valence-corrected chi connectivity index (χ1v) is 8.76. The monoisotopic (exact) mass is 349 g/mol. The molecule has 132 valence electrons. The van der Waals surface area contributed by atoms with Gasteiger partial charge in [0.05, 0.1) is 12.2 Å². The summed E-state index contributed by atoms with van der Waals surface area (Å²) >= 11 is 0. The summed E-state index contributed by atoms with van der Waals surface area (Å²) in [5, 5.41) is 1.10. The molecule has 1 fully saturated rings. The number of rotatable bonds is 1. The first-order valence-electron chi connectivity index (χ1n) is 8.76. The number of nitrogens with zero attached hydrogens (tertiary/aromatic N) is 2. The van der Waals surface area contributed by atoms with E-state index in [-0.39, 0.29) is 18.4 Å². The Balaban J connectivity index is 1.77. The standard InChI is InChI=1S/C20H19N3O3/c1-11-7-8-16(26-11)19-18-13(12-5-3-4-6-14(12)21-18)9-15-20(25)22(2)10-17(24)23(15)19/h3-8,15,19,21H,9-10H2,1-2H3/t15-,19-/m0/s1. The van der Waals surface area contributed by atoms with Gasteiger partial charge in [0.2, 0.25) is 11.8 Å². The number of aromatic amines is 1. The second-order valence-corrected chi connectivity index (χ2v) is 7.13. The molecule has 2 atom stereocenters. The van der Waals surface area contributed by atoms with E-state index in [1.807, 2.05) is 37.3 Å². The second kappa shape index (κ2) is 5.24. The Bertz CT molecular complexity index is 1050. The van der Waals surface area contributed by atoms with Crippen molar-refractivity contribution in [2.75, 3.05) is 13.6 Å². The largest absolute Gasteiger partial charge is 0.464 e. The molecule has 5 rings (SSSR count). The Morgan fingerprint density at radius 3 is 2.73 bits per heavy atom. The Morgan fingerprint density at radius 2 is 1.96 bits per heavy atom. The van der Waals surface area contributed by atoms with Crippen LogP contribution in [-0.2, 0) is 16.0 Å². The minimum Gasteiger partial charge on any atom is -0.464 e. The van der Waals surface area contributed by atoms with Gasteiger partial charge in [0.25, 0.3) is 0 Å². The fourth-order valence-electron chi connectivity index (χ4n) is 4.31. The fourth-order valence-corrected chi connectivity index (χ4v) is 4.31. The Kier molecular flexibility index (Phi) is 3.07. The summed E-state index contributed by atoms with van der Waals surface area (Å²) in [4.78, 5) is 32.4. The molecule has 2 aliphatic rings. The van der Waals surface area contributed by atoms with Gasteiger partial charge in [-0.25, -0.2) is 0 Å². The van der Waals surface area contributed by atoms with E-state index in [1.54, 1.807) is 11.9 Å². The van der Waals surface area contributed by atoms with E-state index in [9.17, 15) is 9.59 Å². The van der Waals surface area contributed by atoms with Crippen molar-refractivity contribution in [1.82, 2.24) is 14.8 Å². The van der Waals surface area contributed by atoms with Crippen LogP contribution in [0.15, 0.2) is 40.8 Å². The lowest BCUT2D eigenvalue weighted by molar-refractivity contribution is -0.157. The molecule has 1 N–H and O–H groups in total.